The Kier molecular flexibility index (Phi) is 3.90. The van der Waals surface area contributed by atoms with Crippen molar-refractivity contribution in [3.63, 3.8) is 0 Å². The topological polar surface area (TPSA) is 102 Å². The number of hydrogen-bond acceptors (Lipinski definition) is 5. The smallest absolute Gasteiger partial charge is 0.374 e. The number of carboxylic acid groups (broad SMARTS) is 1. The van der Waals surface area contributed by atoms with Crippen molar-refractivity contribution in [1.29, 1.82) is 0 Å². The lowest BCUT2D eigenvalue weighted by Gasteiger charge is -2.06. The number of amides is 1. The highest BCUT2D eigenvalue weighted by molar-refractivity contribution is 6.32. The Morgan fingerprint density at radius 3 is 2.70 bits per heavy atom. The van der Waals surface area contributed by atoms with Crippen LogP contribution < -0.4 is 10.1 Å². The van der Waals surface area contributed by atoms with Gasteiger partial charge in [0.2, 0.25) is 5.76 Å². The Labute approximate surface area is 118 Å². The molecule has 0 atom stereocenters. The van der Waals surface area contributed by atoms with Crippen LogP contribution in [-0.2, 0) is 0 Å². The number of nitrogens with zero attached hydrogens (tertiary/aromatic N) is 1. The molecule has 1 amide bonds. The van der Waals surface area contributed by atoms with E-state index >= 15 is 0 Å². The van der Waals surface area contributed by atoms with Crippen molar-refractivity contribution in [3.05, 3.63) is 40.7 Å². The third-order valence-electron chi connectivity index (χ3n) is 2.36. The quantitative estimate of drug-likeness (QED) is 0.897. The van der Waals surface area contributed by atoms with Crippen LogP contribution in [0.25, 0.3) is 0 Å². The van der Waals surface area contributed by atoms with Crippen LogP contribution in [0.3, 0.4) is 0 Å². The maximum Gasteiger partial charge on any atom is 0.374 e. The van der Waals surface area contributed by atoms with Gasteiger partial charge >= 0.3 is 5.97 Å². The summed E-state index contributed by atoms with van der Waals surface area (Å²) >= 11 is 5.92. The number of aromatic carboxylic acids is 1. The summed E-state index contributed by atoms with van der Waals surface area (Å²) in [5.74, 6) is -1.85. The van der Waals surface area contributed by atoms with Gasteiger partial charge in [-0.15, -0.1) is 0 Å². The summed E-state index contributed by atoms with van der Waals surface area (Å²) in [6.07, 6.45) is 0. The highest BCUT2D eigenvalue weighted by atomic mass is 35.5. The molecule has 20 heavy (non-hydrogen) atoms. The minimum atomic E-state index is -1.30. The molecule has 7 nitrogen and oxygen atoms in total. The maximum atomic E-state index is 11.8. The van der Waals surface area contributed by atoms with E-state index in [0.29, 0.717) is 16.5 Å². The molecule has 0 aliphatic carbocycles. The van der Waals surface area contributed by atoms with E-state index in [2.05, 4.69) is 15.0 Å². The van der Waals surface area contributed by atoms with Gasteiger partial charge in [-0.3, -0.25) is 4.79 Å². The lowest BCUT2D eigenvalue weighted by atomic mass is 10.3. The zero-order valence-corrected chi connectivity index (χ0v) is 11.0. The first-order valence-electron chi connectivity index (χ1n) is 5.36. The number of carbonyl (C=O) groups is 2. The normalized spacial score (nSPS) is 10.1. The third kappa shape index (κ3) is 2.89. The van der Waals surface area contributed by atoms with Gasteiger partial charge in [0.15, 0.2) is 5.69 Å². The van der Waals surface area contributed by atoms with Gasteiger partial charge in [-0.2, -0.15) is 0 Å². The molecule has 0 aliphatic rings. The Balaban J connectivity index is 2.14. The largest absolute Gasteiger partial charge is 0.495 e. The summed E-state index contributed by atoms with van der Waals surface area (Å²) in [4.78, 5) is 22.4. The molecule has 0 aliphatic heterocycles. The number of carbonyl (C=O) groups excluding carboxylic acids is 1. The predicted octanol–water partition coefficient (Wildman–Crippen LogP) is 2.29. The average Bonchev–Trinajstić information content (AvgIpc) is 2.88. The van der Waals surface area contributed by atoms with E-state index in [9.17, 15) is 9.59 Å². The van der Waals surface area contributed by atoms with E-state index < -0.39 is 17.6 Å². The molecule has 0 fully saturated rings. The van der Waals surface area contributed by atoms with Crippen molar-refractivity contribution < 1.29 is 24.0 Å². The van der Waals surface area contributed by atoms with Gasteiger partial charge < -0.3 is 19.7 Å². The second kappa shape index (κ2) is 5.62. The zero-order chi connectivity index (χ0) is 14.7. The van der Waals surface area contributed by atoms with Crippen LogP contribution in [0, 0.1) is 0 Å². The lowest BCUT2D eigenvalue weighted by Crippen LogP contribution is -2.12. The first kappa shape index (κ1) is 13.9. The van der Waals surface area contributed by atoms with Gasteiger partial charge in [0.1, 0.15) is 5.75 Å². The predicted molar refractivity (Wildman–Crippen MR) is 69.4 cm³/mol. The summed E-state index contributed by atoms with van der Waals surface area (Å²) in [6.45, 7) is 0. The van der Waals surface area contributed by atoms with E-state index in [1.165, 1.54) is 13.2 Å². The summed E-state index contributed by atoms with van der Waals surface area (Å²) in [5.41, 5.74) is 0.273. The van der Waals surface area contributed by atoms with Crippen LogP contribution in [0.4, 0.5) is 5.69 Å². The molecule has 2 aromatic rings. The Morgan fingerprint density at radius 2 is 2.15 bits per heavy atom. The van der Waals surface area contributed by atoms with Crippen LogP contribution in [0.15, 0.2) is 28.8 Å². The van der Waals surface area contributed by atoms with Gasteiger partial charge in [0.05, 0.1) is 12.1 Å². The Hall–Kier alpha value is -2.54. The number of ether oxygens (including phenoxy) is 1. The first-order valence-corrected chi connectivity index (χ1v) is 5.74. The van der Waals surface area contributed by atoms with Crippen molar-refractivity contribution in [2.75, 3.05) is 12.4 Å². The molecular weight excluding hydrogens is 288 g/mol. The minimum Gasteiger partial charge on any atom is -0.495 e. The molecule has 2 rings (SSSR count). The molecule has 0 unspecified atom stereocenters. The molecule has 104 valence electrons. The van der Waals surface area contributed by atoms with Crippen LogP contribution in [0.1, 0.15) is 21.0 Å². The number of benzene rings is 1. The number of anilines is 1. The summed E-state index contributed by atoms with van der Waals surface area (Å²) in [6, 6.07) is 5.70. The van der Waals surface area contributed by atoms with Gasteiger partial charge in [-0.05, 0) is 18.2 Å². The molecule has 0 spiro atoms. The summed E-state index contributed by atoms with van der Waals surface area (Å²) < 4.78 is 9.47. The molecule has 1 heterocycles. The maximum absolute atomic E-state index is 11.8. The van der Waals surface area contributed by atoms with E-state index in [-0.39, 0.29) is 5.69 Å². The third-order valence-corrected chi connectivity index (χ3v) is 2.66. The fourth-order valence-corrected chi connectivity index (χ4v) is 1.68. The number of rotatable bonds is 4. The Morgan fingerprint density at radius 1 is 1.40 bits per heavy atom. The van der Waals surface area contributed by atoms with Crippen LogP contribution >= 0.6 is 11.6 Å². The van der Waals surface area contributed by atoms with Gasteiger partial charge in [0, 0.05) is 11.8 Å². The van der Waals surface area contributed by atoms with Crippen molar-refractivity contribution in [3.8, 4) is 5.75 Å². The first-order chi connectivity index (χ1) is 9.51. The van der Waals surface area contributed by atoms with Crippen molar-refractivity contribution in [2.45, 2.75) is 0 Å². The van der Waals surface area contributed by atoms with E-state index in [1.54, 1.807) is 12.1 Å². The van der Waals surface area contributed by atoms with E-state index in [0.717, 1.165) is 6.07 Å². The van der Waals surface area contributed by atoms with Crippen molar-refractivity contribution >= 4 is 29.2 Å². The molecule has 0 saturated carbocycles. The fourth-order valence-electron chi connectivity index (χ4n) is 1.42. The molecule has 1 aromatic heterocycles. The molecule has 0 saturated heterocycles. The highest BCUT2D eigenvalue weighted by Gasteiger charge is 2.17. The second-order valence-electron chi connectivity index (χ2n) is 3.69. The molecule has 8 heteroatoms. The van der Waals surface area contributed by atoms with Crippen molar-refractivity contribution in [2.24, 2.45) is 0 Å². The number of methoxy groups -OCH3 is 1. The van der Waals surface area contributed by atoms with Crippen LogP contribution in [0.2, 0.25) is 5.02 Å². The van der Waals surface area contributed by atoms with Gasteiger partial charge in [0.25, 0.3) is 5.91 Å². The number of nitrogens with one attached hydrogen (secondary N) is 1. The number of hydrogen-bond donors (Lipinski definition) is 2. The minimum absolute atomic E-state index is 0.144. The monoisotopic (exact) mass is 296 g/mol. The molecule has 2 N–H and O–H groups in total. The number of halogens is 1. The molecular formula is C12H9ClN2O5. The standard InChI is InChI=1S/C12H9ClN2O5/c1-19-9-3-2-6(4-7(9)13)14-11(16)8-5-10(12(17)18)20-15-8/h2-5H,1H3,(H,14,16)(H,17,18). The molecule has 0 bridgehead atoms. The summed E-state index contributed by atoms with van der Waals surface area (Å²) in [7, 11) is 1.47. The molecule has 1 aromatic carbocycles. The Bertz CT molecular complexity index is 668. The number of carboxylic acids is 1. The van der Waals surface area contributed by atoms with Gasteiger partial charge in [-0.1, -0.05) is 16.8 Å². The van der Waals surface area contributed by atoms with Crippen LogP contribution in [0.5, 0.6) is 5.75 Å². The average molecular weight is 297 g/mol. The van der Waals surface area contributed by atoms with Gasteiger partial charge in [-0.25, -0.2) is 4.79 Å². The zero-order valence-electron chi connectivity index (χ0n) is 10.2. The van der Waals surface area contributed by atoms with E-state index in [4.69, 9.17) is 21.4 Å². The lowest BCUT2D eigenvalue weighted by molar-refractivity contribution is 0.0651. The van der Waals surface area contributed by atoms with Crippen LogP contribution in [-0.4, -0.2) is 29.2 Å². The number of aromatic nitrogens is 1. The fraction of sp³-hybridized carbons (Fsp3) is 0.0833. The van der Waals surface area contributed by atoms with E-state index in [1.807, 2.05) is 0 Å². The summed E-state index contributed by atoms with van der Waals surface area (Å²) in [5, 5.41) is 14.9. The second-order valence-corrected chi connectivity index (χ2v) is 4.09. The molecule has 0 radical (unpaired) electrons. The SMILES string of the molecule is COc1ccc(NC(=O)c2cc(C(=O)O)on2)cc1Cl. The van der Waals surface area contributed by atoms with Crippen molar-refractivity contribution in [1.82, 2.24) is 5.16 Å². The highest BCUT2D eigenvalue weighted by Crippen LogP contribution is 2.27.